The number of amides is 2. The third-order valence-corrected chi connectivity index (χ3v) is 20.5. The van der Waals surface area contributed by atoms with E-state index in [-0.39, 0.29) is 73.2 Å². The van der Waals surface area contributed by atoms with Crippen LogP contribution in [0.2, 0.25) is 0 Å². The monoisotopic (exact) mass is 1110 g/mol. The number of nitrogens with one attached hydrogen (secondary N) is 1. The average molecular weight is 1110 g/mol. The van der Waals surface area contributed by atoms with Crippen molar-refractivity contribution in [3.63, 3.8) is 0 Å². The van der Waals surface area contributed by atoms with Crippen molar-refractivity contribution in [1.82, 2.24) is 38.4 Å². The molecule has 2 saturated carbocycles. The number of carbonyl (C=O) groups is 2. The van der Waals surface area contributed by atoms with Gasteiger partial charge >= 0.3 is 0 Å². The highest BCUT2D eigenvalue weighted by Gasteiger charge is 2.34. The second kappa shape index (κ2) is 29.3. The first kappa shape index (κ1) is 62.0. The van der Waals surface area contributed by atoms with Crippen molar-refractivity contribution in [2.45, 2.75) is 120 Å². The fourth-order valence-corrected chi connectivity index (χ4v) is 14.7. The van der Waals surface area contributed by atoms with Gasteiger partial charge in [-0.25, -0.2) is 16.8 Å². The molecule has 0 spiro atoms. The molecule has 4 aliphatic rings. The van der Waals surface area contributed by atoms with Gasteiger partial charge < -0.3 is 34.1 Å². The molecule has 18 nitrogen and oxygen atoms in total. The van der Waals surface area contributed by atoms with Gasteiger partial charge in [-0.05, 0) is 131 Å². The third kappa shape index (κ3) is 16.9. The lowest BCUT2D eigenvalue weighted by molar-refractivity contribution is -0.138. The van der Waals surface area contributed by atoms with Crippen LogP contribution in [-0.2, 0) is 45.7 Å². The SMILES string of the molecule is COc1cc(C)c(S(=O)(=O)N(C)CCOCC(=O)N(C)[C@@H]2CCC[C@H](N3CCN(Cc4ccccc4)CC3)C2)c(C)c1.COc1cc(C)c(S(=O)(=O)N(C)CCOCC(=O)N(C)[C@@H]2CCC[C@H](N3CCNCC3)C2)c(C)c1. The van der Waals surface area contributed by atoms with Crippen molar-refractivity contribution in [3.05, 3.63) is 82.4 Å². The molecule has 4 fully saturated rings. The van der Waals surface area contributed by atoms with Crippen LogP contribution >= 0.6 is 0 Å². The Kier molecular flexibility index (Phi) is 23.6. The molecule has 0 aromatic heterocycles. The second-order valence-corrected chi connectivity index (χ2v) is 25.4. The van der Waals surface area contributed by atoms with Crippen molar-refractivity contribution in [2.75, 3.05) is 134 Å². The van der Waals surface area contributed by atoms with Crippen LogP contribution in [0.3, 0.4) is 0 Å². The lowest BCUT2D eigenvalue weighted by atomic mass is 9.88. The first-order valence-corrected chi connectivity index (χ1v) is 30.5. The van der Waals surface area contributed by atoms with Crippen LogP contribution in [0.1, 0.15) is 79.2 Å². The molecule has 1 N–H and O–H groups in total. The van der Waals surface area contributed by atoms with Gasteiger partial charge in [-0.15, -0.1) is 0 Å². The predicted octanol–water partition coefficient (Wildman–Crippen LogP) is 5.16. The predicted molar refractivity (Wildman–Crippen MR) is 302 cm³/mol. The minimum atomic E-state index is -3.70. The molecule has 2 amide bonds. The van der Waals surface area contributed by atoms with Gasteiger partial charge in [-0.1, -0.05) is 30.3 Å². The lowest BCUT2D eigenvalue weighted by Crippen LogP contribution is -2.53. The normalized spacial score (nSPS) is 21.1. The minimum absolute atomic E-state index is 0.0419. The summed E-state index contributed by atoms with van der Waals surface area (Å²) in [7, 11) is 2.55. The highest BCUT2D eigenvalue weighted by Crippen LogP contribution is 2.31. The van der Waals surface area contributed by atoms with Crippen LogP contribution < -0.4 is 14.8 Å². The Morgan fingerprint density at radius 1 is 0.584 bits per heavy atom. The van der Waals surface area contributed by atoms with Gasteiger partial charge in [0.05, 0.1) is 37.2 Å². The zero-order chi connectivity index (χ0) is 55.9. The van der Waals surface area contributed by atoms with Crippen molar-refractivity contribution < 1.29 is 45.4 Å². The summed E-state index contributed by atoms with van der Waals surface area (Å²) in [5, 5.41) is 3.40. The quantitative estimate of drug-likeness (QED) is 0.131. The summed E-state index contributed by atoms with van der Waals surface area (Å²) in [5.74, 6) is 1.15. The van der Waals surface area contributed by atoms with E-state index in [1.807, 2.05) is 23.9 Å². The molecule has 3 aromatic rings. The number of hydrogen-bond donors (Lipinski definition) is 1. The van der Waals surface area contributed by atoms with Gasteiger partial charge in [0.15, 0.2) is 0 Å². The summed E-state index contributed by atoms with van der Waals surface area (Å²) in [6, 6.07) is 19.0. The number of methoxy groups -OCH3 is 2. The van der Waals surface area contributed by atoms with Crippen LogP contribution in [0, 0.1) is 27.7 Å². The Hall–Kier alpha value is -4.22. The number of likely N-dealkylation sites (N-methyl/N-ethyl adjacent to an activating group) is 4. The maximum Gasteiger partial charge on any atom is 0.248 e. The van der Waals surface area contributed by atoms with Crippen LogP contribution in [0.15, 0.2) is 64.4 Å². The molecule has 2 saturated heterocycles. The van der Waals surface area contributed by atoms with Crippen LogP contribution in [0.25, 0.3) is 0 Å². The summed E-state index contributed by atoms with van der Waals surface area (Å²) >= 11 is 0. The van der Waals surface area contributed by atoms with Gasteiger partial charge in [0.25, 0.3) is 0 Å². The molecular weight excluding hydrogens is 1020 g/mol. The Morgan fingerprint density at radius 2 is 0.987 bits per heavy atom. The van der Waals surface area contributed by atoms with Crippen LogP contribution in [-0.4, -0.2) is 220 Å². The Morgan fingerprint density at radius 3 is 1.39 bits per heavy atom. The Labute approximate surface area is 461 Å². The van der Waals surface area contributed by atoms with Crippen molar-refractivity contribution in [2.24, 2.45) is 0 Å². The van der Waals surface area contributed by atoms with Gasteiger partial charge in [0, 0.05) is 124 Å². The standard InChI is InChI=1S/C32H48N4O5S.C25H42N4O5S/c1-25-20-30(40-5)21-26(2)32(25)42(38,39)33(3)18-19-41-24-31(37)34(4)28-12-9-13-29(22-28)36-16-14-35(15-17-36)23-27-10-7-6-8-11-27;1-19-15-23(33-5)16-20(2)25(19)35(31,32)27(3)13-14-34-18-24(30)28(4)21-7-6-8-22(17-21)29-11-9-26-10-12-29/h6-8,10-11,20-21,28-29H,9,12-19,22-24H2,1-5H3;15-16,21-22,26H,6-14,17-18H2,1-5H3/t28-,29+;21-,22+/m11/s1. The second-order valence-electron chi connectivity index (χ2n) is 21.5. The molecule has 20 heteroatoms. The molecule has 2 aliphatic heterocycles. The summed E-state index contributed by atoms with van der Waals surface area (Å²) in [6.07, 6.45) is 8.65. The third-order valence-electron chi connectivity index (χ3n) is 16.2. The number of ether oxygens (including phenoxy) is 4. The molecule has 430 valence electrons. The number of nitrogens with zero attached hydrogens (tertiary/aromatic N) is 7. The van der Waals surface area contributed by atoms with E-state index in [1.165, 1.54) is 34.1 Å². The smallest absolute Gasteiger partial charge is 0.248 e. The number of benzene rings is 3. The summed E-state index contributed by atoms with van der Waals surface area (Å²) < 4.78 is 77.1. The number of carbonyl (C=O) groups excluding carboxylic acids is 2. The highest BCUT2D eigenvalue weighted by atomic mass is 32.2. The Bertz CT molecular complexity index is 2550. The van der Waals surface area contributed by atoms with E-state index < -0.39 is 20.0 Å². The van der Waals surface area contributed by atoms with Crippen molar-refractivity contribution in [1.29, 1.82) is 0 Å². The summed E-state index contributed by atoms with van der Waals surface area (Å²) in [6.45, 7) is 17.1. The van der Waals surface area contributed by atoms with E-state index in [9.17, 15) is 26.4 Å². The van der Waals surface area contributed by atoms with Crippen LogP contribution in [0.5, 0.6) is 11.5 Å². The van der Waals surface area contributed by atoms with E-state index in [2.05, 4.69) is 50.3 Å². The van der Waals surface area contributed by atoms with Gasteiger partial charge in [0.1, 0.15) is 24.7 Å². The molecule has 2 heterocycles. The number of piperazine rings is 2. The molecule has 4 atom stereocenters. The zero-order valence-corrected chi connectivity index (χ0v) is 49.4. The zero-order valence-electron chi connectivity index (χ0n) is 47.8. The topological polar surface area (TPSA) is 174 Å². The summed E-state index contributed by atoms with van der Waals surface area (Å²) in [4.78, 5) is 37.7. The van der Waals surface area contributed by atoms with E-state index in [1.54, 1.807) is 73.2 Å². The number of aryl methyl sites for hydroxylation is 4. The first-order valence-electron chi connectivity index (χ1n) is 27.6. The average Bonchev–Trinajstić information content (AvgIpc) is 3.42. The van der Waals surface area contributed by atoms with E-state index in [4.69, 9.17) is 18.9 Å². The molecule has 2 aliphatic carbocycles. The molecule has 77 heavy (non-hydrogen) atoms. The minimum Gasteiger partial charge on any atom is -0.497 e. The fraction of sp³-hybridized carbons (Fsp3) is 0.649. The fourth-order valence-electron chi connectivity index (χ4n) is 11.6. The molecule has 0 unspecified atom stereocenters. The van der Waals surface area contributed by atoms with E-state index >= 15 is 0 Å². The van der Waals surface area contributed by atoms with E-state index in [0.29, 0.717) is 45.8 Å². The first-order chi connectivity index (χ1) is 36.7. The molecule has 3 aromatic carbocycles. The van der Waals surface area contributed by atoms with Gasteiger partial charge in [0.2, 0.25) is 31.9 Å². The maximum absolute atomic E-state index is 13.2. The van der Waals surface area contributed by atoms with E-state index in [0.717, 1.165) is 97.4 Å². The maximum atomic E-state index is 13.2. The summed E-state index contributed by atoms with van der Waals surface area (Å²) in [5.41, 5.74) is 3.91. The van der Waals surface area contributed by atoms with Crippen molar-refractivity contribution >= 4 is 31.9 Å². The number of rotatable bonds is 22. The molecule has 0 bridgehead atoms. The van der Waals surface area contributed by atoms with Crippen molar-refractivity contribution in [3.8, 4) is 11.5 Å². The Balaban J connectivity index is 0.000000254. The number of hydrogen-bond acceptors (Lipinski definition) is 14. The largest absolute Gasteiger partial charge is 0.497 e. The molecular formula is C57H90N8O10S2. The van der Waals surface area contributed by atoms with Crippen LogP contribution in [0.4, 0.5) is 0 Å². The molecule has 7 rings (SSSR count). The highest BCUT2D eigenvalue weighted by molar-refractivity contribution is 7.89. The molecule has 0 radical (unpaired) electrons. The number of sulfonamides is 2. The van der Waals surface area contributed by atoms with Gasteiger partial charge in [-0.2, -0.15) is 8.61 Å². The van der Waals surface area contributed by atoms with Gasteiger partial charge in [-0.3, -0.25) is 24.3 Å². The lowest BCUT2D eigenvalue weighted by Gasteiger charge is -2.44.